The van der Waals surface area contributed by atoms with E-state index in [9.17, 15) is 9.59 Å². The highest BCUT2D eigenvalue weighted by Gasteiger charge is 2.51. The molecular formula is C22H27NO4. The van der Waals surface area contributed by atoms with Crippen molar-refractivity contribution in [3.63, 3.8) is 0 Å². The Labute approximate surface area is 160 Å². The number of hydrogen-bond acceptors (Lipinski definition) is 5. The average molecular weight is 369 g/mol. The Balaban J connectivity index is 2.71. The molecule has 0 radical (unpaired) electrons. The van der Waals surface area contributed by atoms with Crippen LogP contribution in [0, 0.1) is 0 Å². The maximum absolute atomic E-state index is 13.3. The number of Topliss-reactive ketones (excluding diaryl/α,β-unsaturated/α-hetero) is 1. The molecule has 2 rings (SSSR count). The van der Waals surface area contributed by atoms with Crippen LogP contribution in [0.25, 0.3) is 0 Å². The Kier molecular flexibility index (Phi) is 6.61. The first-order chi connectivity index (χ1) is 12.9. The summed E-state index contributed by atoms with van der Waals surface area (Å²) in [5.74, 6) is -0.168. The van der Waals surface area contributed by atoms with Crippen molar-refractivity contribution in [3.8, 4) is 5.75 Å². The second-order valence-electron chi connectivity index (χ2n) is 6.53. The summed E-state index contributed by atoms with van der Waals surface area (Å²) < 4.78 is 10.8. The van der Waals surface area contributed by atoms with E-state index in [1.807, 2.05) is 49.4 Å². The lowest BCUT2D eigenvalue weighted by molar-refractivity contribution is -0.157. The molecule has 5 nitrogen and oxygen atoms in total. The molecule has 0 fully saturated rings. The van der Waals surface area contributed by atoms with Gasteiger partial charge >= 0.3 is 5.97 Å². The van der Waals surface area contributed by atoms with Crippen molar-refractivity contribution in [1.29, 1.82) is 0 Å². The highest BCUT2D eigenvalue weighted by Crippen LogP contribution is 2.36. The van der Waals surface area contributed by atoms with Gasteiger partial charge in [0.1, 0.15) is 5.75 Å². The molecule has 0 aromatic heterocycles. The normalized spacial score (nSPS) is 13.0. The Bertz CT molecular complexity index is 771. The molecule has 144 valence electrons. The zero-order chi connectivity index (χ0) is 20.0. The fraction of sp³-hybridized carbons (Fsp3) is 0.364. The predicted octanol–water partition coefficient (Wildman–Crippen LogP) is 3.96. The number of esters is 1. The van der Waals surface area contributed by atoms with E-state index in [-0.39, 0.29) is 11.9 Å². The summed E-state index contributed by atoms with van der Waals surface area (Å²) in [5, 5.41) is 0. The number of anilines is 1. The molecule has 0 bridgehead atoms. The molecule has 0 aliphatic heterocycles. The van der Waals surface area contributed by atoms with Crippen LogP contribution in [0.15, 0.2) is 54.6 Å². The van der Waals surface area contributed by atoms with Gasteiger partial charge in [0.05, 0.1) is 13.2 Å². The zero-order valence-electron chi connectivity index (χ0n) is 16.6. The number of carbonyl (C=O) groups excluding carboxylic acids is 2. The van der Waals surface area contributed by atoms with E-state index in [2.05, 4.69) is 0 Å². The SMILES string of the molecule is CCN(c1ccc(OC)cc1)C(C(C)=O)(C(=O)OC(C)C)c1ccccc1. The van der Waals surface area contributed by atoms with Crippen molar-refractivity contribution in [3.05, 3.63) is 60.2 Å². The lowest BCUT2D eigenvalue weighted by Gasteiger charge is -2.41. The van der Waals surface area contributed by atoms with Crippen LogP contribution in [-0.4, -0.2) is 31.5 Å². The first-order valence-corrected chi connectivity index (χ1v) is 9.07. The number of benzene rings is 2. The van der Waals surface area contributed by atoms with Crippen LogP contribution in [0.1, 0.15) is 33.3 Å². The topological polar surface area (TPSA) is 55.8 Å². The van der Waals surface area contributed by atoms with Gasteiger partial charge in [-0.05, 0) is 57.5 Å². The summed E-state index contributed by atoms with van der Waals surface area (Å²) in [5.41, 5.74) is -0.242. The Morgan fingerprint density at radius 1 is 1.04 bits per heavy atom. The first-order valence-electron chi connectivity index (χ1n) is 9.07. The highest BCUT2D eigenvalue weighted by molar-refractivity contribution is 6.11. The van der Waals surface area contributed by atoms with Gasteiger partial charge in [0.25, 0.3) is 0 Å². The molecule has 0 heterocycles. The molecule has 5 heteroatoms. The van der Waals surface area contributed by atoms with Gasteiger partial charge in [0, 0.05) is 12.2 Å². The third-order valence-corrected chi connectivity index (χ3v) is 4.44. The number of methoxy groups -OCH3 is 1. The minimum atomic E-state index is -1.56. The van der Waals surface area contributed by atoms with Crippen LogP contribution in [0.5, 0.6) is 5.75 Å². The number of ether oxygens (including phenoxy) is 2. The fourth-order valence-corrected chi connectivity index (χ4v) is 3.28. The van der Waals surface area contributed by atoms with E-state index in [0.29, 0.717) is 17.9 Å². The third-order valence-electron chi connectivity index (χ3n) is 4.44. The van der Waals surface area contributed by atoms with E-state index in [0.717, 1.165) is 5.69 Å². The quantitative estimate of drug-likeness (QED) is 0.521. The summed E-state index contributed by atoms with van der Waals surface area (Å²) in [6.45, 7) is 7.33. The Hall–Kier alpha value is -2.82. The molecule has 0 saturated carbocycles. The monoisotopic (exact) mass is 369 g/mol. The van der Waals surface area contributed by atoms with Gasteiger partial charge in [-0.3, -0.25) is 4.79 Å². The first kappa shape index (κ1) is 20.5. The third kappa shape index (κ3) is 3.97. The van der Waals surface area contributed by atoms with Crippen LogP contribution < -0.4 is 9.64 Å². The van der Waals surface area contributed by atoms with E-state index in [4.69, 9.17) is 9.47 Å². The van der Waals surface area contributed by atoms with Gasteiger partial charge in [0.2, 0.25) is 5.54 Å². The molecular weight excluding hydrogens is 342 g/mol. The molecule has 0 aliphatic rings. The zero-order valence-corrected chi connectivity index (χ0v) is 16.6. The second-order valence-corrected chi connectivity index (χ2v) is 6.53. The summed E-state index contributed by atoms with van der Waals surface area (Å²) >= 11 is 0. The molecule has 2 aromatic rings. The average Bonchev–Trinajstić information content (AvgIpc) is 2.66. The minimum Gasteiger partial charge on any atom is -0.497 e. The van der Waals surface area contributed by atoms with Gasteiger partial charge in [-0.25, -0.2) is 4.79 Å². The van der Waals surface area contributed by atoms with E-state index >= 15 is 0 Å². The Morgan fingerprint density at radius 3 is 2.07 bits per heavy atom. The summed E-state index contributed by atoms with van der Waals surface area (Å²) in [6, 6.07) is 16.4. The summed E-state index contributed by atoms with van der Waals surface area (Å²) in [4.78, 5) is 28.1. The standard InChI is InChI=1S/C22H27NO4/c1-6-23(19-12-14-20(26-5)15-13-19)22(17(4)24,21(25)27-16(2)3)18-10-8-7-9-11-18/h7-16H,6H2,1-5H3. The summed E-state index contributed by atoms with van der Waals surface area (Å²) in [7, 11) is 1.59. The van der Waals surface area contributed by atoms with Crippen LogP contribution in [0.4, 0.5) is 5.69 Å². The molecule has 1 atom stereocenters. The van der Waals surface area contributed by atoms with Crippen LogP contribution >= 0.6 is 0 Å². The molecule has 0 spiro atoms. The number of nitrogens with zero attached hydrogens (tertiary/aromatic N) is 1. The van der Waals surface area contributed by atoms with Crippen LogP contribution in [0.3, 0.4) is 0 Å². The lowest BCUT2D eigenvalue weighted by atomic mass is 9.83. The van der Waals surface area contributed by atoms with Crippen molar-refractivity contribution < 1.29 is 19.1 Å². The Morgan fingerprint density at radius 2 is 1.63 bits per heavy atom. The summed E-state index contributed by atoms with van der Waals surface area (Å²) in [6.07, 6.45) is -0.338. The lowest BCUT2D eigenvalue weighted by Crippen LogP contribution is -2.58. The van der Waals surface area contributed by atoms with E-state index in [1.54, 1.807) is 38.0 Å². The van der Waals surface area contributed by atoms with Crippen molar-refractivity contribution in [2.24, 2.45) is 0 Å². The van der Waals surface area contributed by atoms with Gasteiger partial charge in [-0.1, -0.05) is 30.3 Å². The maximum Gasteiger partial charge on any atom is 0.344 e. The predicted molar refractivity (Wildman–Crippen MR) is 106 cm³/mol. The maximum atomic E-state index is 13.3. The van der Waals surface area contributed by atoms with Gasteiger partial charge < -0.3 is 14.4 Å². The molecule has 0 N–H and O–H groups in total. The number of carbonyl (C=O) groups is 2. The van der Waals surface area contributed by atoms with Crippen molar-refractivity contribution >= 4 is 17.4 Å². The number of ketones is 1. The highest BCUT2D eigenvalue weighted by atomic mass is 16.5. The van der Waals surface area contributed by atoms with E-state index in [1.165, 1.54) is 6.92 Å². The number of hydrogen-bond donors (Lipinski definition) is 0. The molecule has 0 amide bonds. The second kappa shape index (κ2) is 8.71. The minimum absolute atomic E-state index is 0.294. The molecule has 0 aliphatic carbocycles. The number of rotatable bonds is 8. The van der Waals surface area contributed by atoms with Crippen LogP contribution in [0.2, 0.25) is 0 Å². The van der Waals surface area contributed by atoms with Gasteiger partial charge in [-0.2, -0.15) is 0 Å². The smallest absolute Gasteiger partial charge is 0.344 e. The van der Waals surface area contributed by atoms with Crippen molar-refractivity contribution in [2.75, 3.05) is 18.6 Å². The molecule has 0 saturated heterocycles. The van der Waals surface area contributed by atoms with Gasteiger partial charge in [-0.15, -0.1) is 0 Å². The molecule has 1 unspecified atom stereocenters. The fourth-order valence-electron chi connectivity index (χ4n) is 3.28. The van der Waals surface area contributed by atoms with Crippen molar-refractivity contribution in [1.82, 2.24) is 0 Å². The molecule has 2 aromatic carbocycles. The van der Waals surface area contributed by atoms with E-state index < -0.39 is 11.5 Å². The van der Waals surface area contributed by atoms with Gasteiger partial charge in [0.15, 0.2) is 5.78 Å². The number of likely N-dealkylation sites (N-methyl/N-ethyl adjacent to an activating group) is 1. The largest absolute Gasteiger partial charge is 0.497 e. The van der Waals surface area contributed by atoms with Crippen LogP contribution in [-0.2, 0) is 19.9 Å². The molecule has 27 heavy (non-hydrogen) atoms. The van der Waals surface area contributed by atoms with Crippen molar-refractivity contribution in [2.45, 2.75) is 39.3 Å².